The summed E-state index contributed by atoms with van der Waals surface area (Å²) in [5, 5.41) is 3.99. The maximum Gasteiger partial charge on any atom is 0.139 e. The van der Waals surface area contributed by atoms with Crippen molar-refractivity contribution in [1.29, 1.82) is 0 Å². The highest BCUT2D eigenvalue weighted by atomic mass is 16.5. The first-order valence-electron chi connectivity index (χ1n) is 8.69. The molecule has 24 heavy (non-hydrogen) atoms. The molecule has 4 rings (SSSR count). The number of fused-ring (bicyclic) bond motifs is 1. The number of aromatic nitrogens is 1. The third-order valence-corrected chi connectivity index (χ3v) is 5.03. The van der Waals surface area contributed by atoms with Gasteiger partial charge in [-0.05, 0) is 37.5 Å². The normalized spacial score (nSPS) is 20.3. The van der Waals surface area contributed by atoms with Crippen LogP contribution in [0.1, 0.15) is 34.6 Å². The Morgan fingerprint density at radius 1 is 1.33 bits per heavy atom. The van der Waals surface area contributed by atoms with Crippen molar-refractivity contribution < 1.29 is 14.0 Å². The van der Waals surface area contributed by atoms with Gasteiger partial charge in [0.25, 0.3) is 0 Å². The fraction of sp³-hybridized carbons (Fsp3) is 0.526. The van der Waals surface area contributed by atoms with Crippen LogP contribution in [-0.2, 0) is 24.3 Å². The third-order valence-electron chi connectivity index (χ3n) is 5.03. The Morgan fingerprint density at radius 2 is 2.25 bits per heavy atom. The van der Waals surface area contributed by atoms with Gasteiger partial charge in [-0.25, -0.2) is 0 Å². The lowest BCUT2D eigenvalue weighted by molar-refractivity contribution is 0.0453. The van der Waals surface area contributed by atoms with E-state index in [1.807, 2.05) is 13.8 Å². The number of hydrogen-bond donors (Lipinski definition) is 0. The molecular formula is C19H24N2O3. The van der Waals surface area contributed by atoms with Crippen molar-refractivity contribution >= 4 is 0 Å². The van der Waals surface area contributed by atoms with Gasteiger partial charge in [0.2, 0.25) is 0 Å². The summed E-state index contributed by atoms with van der Waals surface area (Å²) in [6.45, 7) is 8.37. The van der Waals surface area contributed by atoms with Crippen LogP contribution < -0.4 is 4.74 Å². The van der Waals surface area contributed by atoms with Gasteiger partial charge in [0.15, 0.2) is 0 Å². The molecule has 128 valence electrons. The summed E-state index contributed by atoms with van der Waals surface area (Å²) in [4.78, 5) is 2.47. The molecule has 0 N–H and O–H groups in total. The summed E-state index contributed by atoms with van der Waals surface area (Å²) < 4.78 is 16.9. The Labute approximate surface area is 142 Å². The zero-order valence-corrected chi connectivity index (χ0v) is 14.4. The molecule has 1 saturated heterocycles. The van der Waals surface area contributed by atoms with Gasteiger partial charge in [-0.3, -0.25) is 4.90 Å². The van der Waals surface area contributed by atoms with E-state index in [2.05, 4.69) is 28.3 Å². The fourth-order valence-electron chi connectivity index (χ4n) is 3.58. The largest absolute Gasteiger partial charge is 0.493 e. The van der Waals surface area contributed by atoms with Gasteiger partial charge >= 0.3 is 0 Å². The number of rotatable bonds is 5. The number of aryl methyl sites for hydroxylation is 2. The number of ether oxygens (including phenoxy) is 2. The lowest BCUT2D eigenvalue weighted by Crippen LogP contribution is -2.23. The predicted molar refractivity (Wildman–Crippen MR) is 90.1 cm³/mol. The molecule has 1 fully saturated rings. The van der Waals surface area contributed by atoms with Gasteiger partial charge < -0.3 is 14.0 Å². The van der Waals surface area contributed by atoms with Crippen LogP contribution in [0.25, 0.3) is 0 Å². The van der Waals surface area contributed by atoms with Crippen molar-refractivity contribution in [3.05, 3.63) is 46.3 Å². The Kier molecular flexibility index (Phi) is 4.29. The molecule has 0 saturated carbocycles. The summed E-state index contributed by atoms with van der Waals surface area (Å²) in [6, 6.07) is 6.59. The Hall–Kier alpha value is -1.85. The lowest BCUT2D eigenvalue weighted by atomic mass is 10.1. The van der Waals surface area contributed by atoms with Crippen LogP contribution in [0.5, 0.6) is 5.75 Å². The van der Waals surface area contributed by atoms with Crippen molar-refractivity contribution in [2.75, 3.05) is 19.7 Å². The zero-order valence-electron chi connectivity index (χ0n) is 14.4. The van der Waals surface area contributed by atoms with Crippen LogP contribution in [0.4, 0.5) is 0 Å². The Morgan fingerprint density at radius 3 is 3.08 bits per heavy atom. The van der Waals surface area contributed by atoms with Gasteiger partial charge in [-0.1, -0.05) is 17.3 Å². The van der Waals surface area contributed by atoms with E-state index in [1.54, 1.807) is 0 Å². The molecule has 2 aliphatic heterocycles. The molecule has 5 heteroatoms. The van der Waals surface area contributed by atoms with Crippen molar-refractivity contribution in [3.8, 4) is 5.75 Å². The molecule has 5 nitrogen and oxygen atoms in total. The fourth-order valence-corrected chi connectivity index (χ4v) is 3.58. The van der Waals surface area contributed by atoms with Crippen LogP contribution in [-0.4, -0.2) is 35.9 Å². The summed E-state index contributed by atoms with van der Waals surface area (Å²) in [6.07, 6.45) is 2.40. The van der Waals surface area contributed by atoms with Gasteiger partial charge in [0.1, 0.15) is 11.5 Å². The number of benzene rings is 1. The van der Waals surface area contributed by atoms with E-state index in [4.69, 9.17) is 14.0 Å². The molecule has 1 atom stereocenters. The Balaban J connectivity index is 1.30. The van der Waals surface area contributed by atoms with E-state index in [0.717, 1.165) is 61.8 Å². The summed E-state index contributed by atoms with van der Waals surface area (Å²) >= 11 is 0. The van der Waals surface area contributed by atoms with Crippen molar-refractivity contribution in [3.63, 3.8) is 0 Å². The van der Waals surface area contributed by atoms with Crippen LogP contribution in [0.15, 0.2) is 22.7 Å². The monoisotopic (exact) mass is 328 g/mol. The molecule has 0 bridgehead atoms. The van der Waals surface area contributed by atoms with E-state index < -0.39 is 0 Å². The van der Waals surface area contributed by atoms with Crippen LogP contribution >= 0.6 is 0 Å². The average Bonchev–Trinajstić information content (AvgIpc) is 3.27. The molecule has 2 aliphatic rings. The van der Waals surface area contributed by atoms with E-state index >= 15 is 0 Å². The molecule has 3 heterocycles. The molecule has 1 aromatic carbocycles. The molecule has 0 spiro atoms. The van der Waals surface area contributed by atoms with E-state index in [-0.39, 0.29) is 6.10 Å². The van der Waals surface area contributed by atoms with Crippen molar-refractivity contribution in [1.82, 2.24) is 10.1 Å². The van der Waals surface area contributed by atoms with Gasteiger partial charge in [-0.15, -0.1) is 0 Å². The lowest BCUT2D eigenvalue weighted by Gasteiger charge is -2.17. The molecule has 0 amide bonds. The third kappa shape index (κ3) is 3.19. The second kappa shape index (κ2) is 6.57. The first-order valence-corrected chi connectivity index (χ1v) is 8.69. The van der Waals surface area contributed by atoms with Crippen LogP contribution in [0.2, 0.25) is 0 Å². The van der Waals surface area contributed by atoms with Crippen LogP contribution in [0.3, 0.4) is 0 Å². The number of likely N-dealkylation sites (tertiary alicyclic amines) is 1. The molecule has 0 radical (unpaired) electrons. The van der Waals surface area contributed by atoms with E-state index in [0.29, 0.717) is 6.61 Å². The highest BCUT2D eigenvalue weighted by Gasteiger charge is 2.24. The van der Waals surface area contributed by atoms with Crippen molar-refractivity contribution in [2.24, 2.45) is 0 Å². The quantitative estimate of drug-likeness (QED) is 0.844. The first-order chi connectivity index (χ1) is 11.7. The van der Waals surface area contributed by atoms with Gasteiger partial charge in [0.05, 0.1) is 25.0 Å². The number of nitrogens with zero attached hydrogens (tertiary/aromatic N) is 2. The van der Waals surface area contributed by atoms with Gasteiger partial charge in [-0.2, -0.15) is 0 Å². The molecule has 1 aromatic heterocycles. The maximum atomic E-state index is 6.09. The minimum absolute atomic E-state index is 0.288. The van der Waals surface area contributed by atoms with E-state index in [9.17, 15) is 0 Å². The zero-order chi connectivity index (χ0) is 16.5. The molecule has 1 unspecified atom stereocenters. The topological polar surface area (TPSA) is 47.7 Å². The second-order valence-corrected chi connectivity index (χ2v) is 6.80. The SMILES string of the molecule is Cc1noc(C)c1COC1CCN(Cc2ccc3c(c2)CCO3)C1. The standard InChI is InChI=1S/C19H24N2O3/c1-13-18(14(2)24-20-13)12-23-17-5-7-21(11-17)10-15-3-4-19-16(9-15)6-8-22-19/h3-4,9,17H,5-8,10-12H2,1-2H3. The average molecular weight is 328 g/mol. The molecule has 0 aliphatic carbocycles. The number of hydrogen-bond acceptors (Lipinski definition) is 5. The van der Waals surface area contributed by atoms with Crippen LogP contribution in [0, 0.1) is 13.8 Å². The molecular weight excluding hydrogens is 304 g/mol. The Bertz CT molecular complexity index is 706. The first kappa shape index (κ1) is 15.7. The van der Waals surface area contributed by atoms with E-state index in [1.165, 1.54) is 11.1 Å². The maximum absolute atomic E-state index is 6.09. The predicted octanol–water partition coefficient (Wildman–Crippen LogP) is 3.02. The smallest absolute Gasteiger partial charge is 0.139 e. The van der Waals surface area contributed by atoms with Gasteiger partial charge in [0, 0.05) is 31.6 Å². The summed E-state index contributed by atoms with van der Waals surface area (Å²) in [5.41, 5.74) is 4.73. The summed E-state index contributed by atoms with van der Waals surface area (Å²) in [5.74, 6) is 1.92. The minimum Gasteiger partial charge on any atom is -0.493 e. The van der Waals surface area contributed by atoms with Crippen molar-refractivity contribution in [2.45, 2.75) is 45.9 Å². The minimum atomic E-state index is 0.288. The summed E-state index contributed by atoms with van der Waals surface area (Å²) in [7, 11) is 0. The molecule has 2 aromatic rings. The second-order valence-electron chi connectivity index (χ2n) is 6.80. The highest BCUT2D eigenvalue weighted by molar-refractivity contribution is 5.39. The highest BCUT2D eigenvalue weighted by Crippen LogP contribution is 2.27.